The highest BCUT2D eigenvalue weighted by atomic mass is 16.5. The number of hydrogen-bond donors (Lipinski definition) is 2. The van der Waals surface area contributed by atoms with E-state index in [9.17, 15) is 0 Å². The van der Waals surface area contributed by atoms with Crippen LogP contribution >= 0.6 is 0 Å². The molecule has 3 heteroatoms. The predicted octanol–water partition coefficient (Wildman–Crippen LogP) is -0.286. The van der Waals surface area contributed by atoms with Crippen LogP contribution in [0.5, 0.6) is 0 Å². The van der Waals surface area contributed by atoms with Gasteiger partial charge in [-0.3, -0.25) is 0 Å². The molecule has 0 heterocycles. The number of hydrogen-bond acceptors (Lipinski definition) is 3. The molecule has 1 aliphatic carbocycles. The molecule has 0 aromatic carbocycles. The maximum absolute atomic E-state index is 5.55. The summed E-state index contributed by atoms with van der Waals surface area (Å²) in [6.45, 7) is 2.46. The third kappa shape index (κ3) is 1.94. The van der Waals surface area contributed by atoms with E-state index in [2.05, 4.69) is 5.32 Å². The largest absolute Gasteiger partial charge is 0.383 e. The van der Waals surface area contributed by atoms with Crippen LogP contribution in [0, 0.1) is 0 Å². The third-order valence-corrected chi connectivity index (χ3v) is 2.05. The summed E-state index contributed by atoms with van der Waals surface area (Å²) >= 11 is 0. The molecule has 0 bridgehead atoms. The van der Waals surface area contributed by atoms with Crippen molar-refractivity contribution in [3.05, 3.63) is 0 Å². The molecule has 0 saturated heterocycles. The first kappa shape index (κ1) is 7.98. The van der Waals surface area contributed by atoms with E-state index in [4.69, 9.17) is 10.5 Å². The number of nitrogens with two attached hydrogens (primary N) is 1. The lowest BCUT2D eigenvalue weighted by molar-refractivity contribution is 0.194. The van der Waals surface area contributed by atoms with Gasteiger partial charge in [-0.05, 0) is 12.8 Å². The van der Waals surface area contributed by atoms with E-state index in [0.717, 1.165) is 19.7 Å². The molecule has 0 atom stereocenters. The van der Waals surface area contributed by atoms with E-state index in [1.54, 1.807) is 7.11 Å². The van der Waals surface area contributed by atoms with E-state index >= 15 is 0 Å². The Morgan fingerprint density at radius 1 is 1.60 bits per heavy atom. The monoisotopic (exact) mass is 144 g/mol. The second-order valence-electron chi connectivity index (χ2n) is 2.90. The molecule has 0 aromatic rings. The van der Waals surface area contributed by atoms with Crippen molar-refractivity contribution in [2.24, 2.45) is 5.73 Å². The maximum atomic E-state index is 5.55. The van der Waals surface area contributed by atoms with Crippen LogP contribution in [0.4, 0.5) is 0 Å². The van der Waals surface area contributed by atoms with Gasteiger partial charge in [0.1, 0.15) is 0 Å². The van der Waals surface area contributed by atoms with Crippen LogP contribution in [0.1, 0.15) is 12.8 Å². The van der Waals surface area contributed by atoms with Crippen LogP contribution in [0.2, 0.25) is 0 Å². The molecule has 60 valence electrons. The fourth-order valence-corrected chi connectivity index (χ4v) is 1.02. The Hall–Kier alpha value is -0.120. The normalized spacial score (nSPS) is 21.0. The average molecular weight is 144 g/mol. The summed E-state index contributed by atoms with van der Waals surface area (Å²) < 4.78 is 4.91. The van der Waals surface area contributed by atoms with Crippen molar-refractivity contribution in [1.82, 2.24) is 5.32 Å². The van der Waals surface area contributed by atoms with Crippen LogP contribution in [-0.4, -0.2) is 32.3 Å². The molecule has 10 heavy (non-hydrogen) atoms. The number of nitrogens with one attached hydrogen (secondary N) is 1. The SMILES string of the molecule is COCCNC1(CN)CC1. The minimum absolute atomic E-state index is 0.290. The smallest absolute Gasteiger partial charge is 0.0587 e. The van der Waals surface area contributed by atoms with E-state index < -0.39 is 0 Å². The lowest BCUT2D eigenvalue weighted by Gasteiger charge is -2.13. The first-order valence-corrected chi connectivity index (χ1v) is 3.77. The zero-order valence-electron chi connectivity index (χ0n) is 6.52. The Balaban J connectivity index is 2.01. The van der Waals surface area contributed by atoms with Gasteiger partial charge in [-0.1, -0.05) is 0 Å². The van der Waals surface area contributed by atoms with Gasteiger partial charge in [-0.25, -0.2) is 0 Å². The van der Waals surface area contributed by atoms with Crippen molar-refractivity contribution in [1.29, 1.82) is 0 Å². The molecular weight excluding hydrogens is 128 g/mol. The van der Waals surface area contributed by atoms with Gasteiger partial charge >= 0.3 is 0 Å². The zero-order valence-corrected chi connectivity index (χ0v) is 6.52. The van der Waals surface area contributed by atoms with Gasteiger partial charge in [0.2, 0.25) is 0 Å². The van der Waals surface area contributed by atoms with Crippen LogP contribution < -0.4 is 11.1 Å². The molecule has 3 nitrogen and oxygen atoms in total. The number of rotatable bonds is 5. The molecule has 0 amide bonds. The van der Waals surface area contributed by atoms with Gasteiger partial charge in [-0.2, -0.15) is 0 Å². The van der Waals surface area contributed by atoms with Gasteiger partial charge < -0.3 is 15.8 Å². The van der Waals surface area contributed by atoms with Crippen molar-refractivity contribution < 1.29 is 4.74 Å². The van der Waals surface area contributed by atoms with Crippen LogP contribution in [0.3, 0.4) is 0 Å². The number of methoxy groups -OCH3 is 1. The standard InChI is InChI=1S/C7H16N2O/c1-10-5-4-9-7(6-8)2-3-7/h9H,2-6,8H2,1H3. The molecule has 1 saturated carbocycles. The minimum atomic E-state index is 0.290. The van der Waals surface area contributed by atoms with Crippen LogP contribution in [-0.2, 0) is 4.74 Å². The molecular formula is C7H16N2O. The lowest BCUT2D eigenvalue weighted by atomic mass is 10.3. The van der Waals surface area contributed by atoms with Crippen molar-refractivity contribution >= 4 is 0 Å². The van der Waals surface area contributed by atoms with E-state index in [-0.39, 0.29) is 0 Å². The summed E-state index contributed by atoms with van der Waals surface area (Å²) in [6, 6.07) is 0. The fraction of sp³-hybridized carbons (Fsp3) is 1.00. The second-order valence-corrected chi connectivity index (χ2v) is 2.90. The summed E-state index contributed by atoms with van der Waals surface area (Å²) in [4.78, 5) is 0. The minimum Gasteiger partial charge on any atom is -0.383 e. The lowest BCUT2D eigenvalue weighted by Crippen LogP contribution is -2.40. The second kappa shape index (κ2) is 3.32. The van der Waals surface area contributed by atoms with Gasteiger partial charge in [-0.15, -0.1) is 0 Å². The van der Waals surface area contributed by atoms with Gasteiger partial charge in [0.05, 0.1) is 6.61 Å². The van der Waals surface area contributed by atoms with Gasteiger partial charge in [0.25, 0.3) is 0 Å². The quantitative estimate of drug-likeness (QED) is 0.521. The summed E-state index contributed by atoms with van der Waals surface area (Å²) in [5, 5.41) is 3.37. The molecule has 1 rings (SSSR count). The molecule has 1 fully saturated rings. The molecule has 1 aliphatic rings. The van der Waals surface area contributed by atoms with Crippen molar-refractivity contribution in [3.8, 4) is 0 Å². The summed E-state index contributed by atoms with van der Waals surface area (Å²) in [5.41, 5.74) is 5.84. The molecule has 0 aromatic heterocycles. The van der Waals surface area contributed by atoms with E-state index in [0.29, 0.717) is 5.54 Å². The Bertz CT molecular complexity index is 102. The first-order valence-electron chi connectivity index (χ1n) is 3.77. The molecule has 3 N–H and O–H groups in total. The topological polar surface area (TPSA) is 47.3 Å². The summed E-state index contributed by atoms with van der Waals surface area (Å²) in [5.74, 6) is 0. The Morgan fingerprint density at radius 2 is 2.30 bits per heavy atom. The van der Waals surface area contributed by atoms with Crippen molar-refractivity contribution in [2.45, 2.75) is 18.4 Å². The molecule has 0 aliphatic heterocycles. The summed E-state index contributed by atoms with van der Waals surface area (Å²) in [7, 11) is 1.71. The van der Waals surface area contributed by atoms with Gasteiger partial charge in [0.15, 0.2) is 0 Å². The molecule has 0 unspecified atom stereocenters. The van der Waals surface area contributed by atoms with E-state index in [1.165, 1.54) is 12.8 Å². The van der Waals surface area contributed by atoms with Crippen molar-refractivity contribution in [2.75, 3.05) is 26.8 Å². The Kier molecular flexibility index (Phi) is 2.65. The maximum Gasteiger partial charge on any atom is 0.0587 e. The highest BCUT2D eigenvalue weighted by Crippen LogP contribution is 2.33. The van der Waals surface area contributed by atoms with E-state index in [1.807, 2.05) is 0 Å². The number of ether oxygens (including phenoxy) is 1. The van der Waals surface area contributed by atoms with Crippen LogP contribution in [0.25, 0.3) is 0 Å². The Labute approximate surface area is 61.9 Å². The fourth-order valence-electron chi connectivity index (χ4n) is 1.02. The van der Waals surface area contributed by atoms with Crippen molar-refractivity contribution in [3.63, 3.8) is 0 Å². The summed E-state index contributed by atoms with van der Waals surface area (Å²) in [6.07, 6.45) is 2.46. The zero-order chi connectivity index (χ0) is 7.45. The van der Waals surface area contributed by atoms with Gasteiger partial charge in [0, 0.05) is 25.7 Å². The molecule has 0 radical (unpaired) electrons. The predicted molar refractivity (Wildman–Crippen MR) is 40.9 cm³/mol. The highest BCUT2D eigenvalue weighted by molar-refractivity contribution is 5.02. The third-order valence-electron chi connectivity index (χ3n) is 2.05. The Morgan fingerprint density at radius 3 is 2.70 bits per heavy atom. The molecule has 0 spiro atoms. The first-order chi connectivity index (χ1) is 4.83. The highest BCUT2D eigenvalue weighted by Gasteiger charge is 2.40. The van der Waals surface area contributed by atoms with Crippen LogP contribution in [0.15, 0.2) is 0 Å². The average Bonchev–Trinajstić information content (AvgIpc) is 2.70.